The Kier molecular flexibility index (Phi) is 7.49. The second kappa shape index (κ2) is 10.1. The summed E-state index contributed by atoms with van der Waals surface area (Å²) in [5.41, 5.74) is 2.13. The summed E-state index contributed by atoms with van der Waals surface area (Å²) >= 11 is 0. The average Bonchev–Trinajstić information content (AvgIpc) is 2.63. The maximum Gasteiger partial charge on any atom is 0.258 e. The highest BCUT2D eigenvalue weighted by Crippen LogP contribution is 2.18. The van der Waals surface area contributed by atoms with Crippen molar-refractivity contribution < 1.29 is 19.1 Å². The first-order chi connectivity index (χ1) is 12.5. The molecule has 138 valence electrons. The Morgan fingerprint density at radius 2 is 1.46 bits per heavy atom. The van der Waals surface area contributed by atoms with Crippen molar-refractivity contribution in [1.82, 2.24) is 10.6 Å². The van der Waals surface area contributed by atoms with Crippen LogP contribution in [0.3, 0.4) is 0 Å². The number of rotatable bonds is 9. The molecule has 6 heteroatoms. The Morgan fingerprint density at radius 3 is 2.08 bits per heavy atom. The number of para-hydroxylation sites is 1. The summed E-state index contributed by atoms with van der Waals surface area (Å²) in [5.74, 6) is 0.853. The lowest BCUT2D eigenvalue weighted by Gasteiger charge is -2.11. The summed E-state index contributed by atoms with van der Waals surface area (Å²) in [5, 5.41) is 5.37. The Bertz CT molecular complexity index is 732. The van der Waals surface area contributed by atoms with Gasteiger partial charge in [-0.15, -0.1) is 0 Å². The third-order valence-corrected chi connectivity index (χ3v) is 3.57. The Balaban J connectivity index is 1.57. The molecule has 0 heterocycles. The van der Waals surface area contributed by atoms with Gasteiger partial charge < -0.3 is 20.1 Å². The standard InChI is InChI=1S/C20H24N2O4/c1-15-8-9-18(16(2)12-15)26-14-20(24)22-11-10-21-19(23)13-25-17-6-4-3-5-7-17/h3-9,12H,10-11,13-14H2,1-2H3,(H,21,23)(H,22,24). The first-order valence-corrected chi connectivity index (χ1v) is 8.46. The zero-order valence-corrected chi connectivity index (χ0v) is 15.1. The fourth-order valence-electron chi connectivity index (χ4n) is 2.28. The van der Waals surface area contributed by atoms with Gasteiger partial charge in [0.2, 0.25) is 0 Å². The molecule has 0 saturated heterocycles. The lowest BCUT2D eigenvalue weighted by molar-refractivity contribution is -0.124. The van der Waals surface area contributed by atoms with Crippen molar-refractivity contribution in [2.75, 3.05) is 26.3 Å². The number of carbonyl (C=O) groups excluding carboxylic acids is 2. The van der Waals surface area contributed by atoms with Crippen molar-refractivity contribution in [3.8, 4) is 11.5 Å². The zero-order chi connectivity index (χ0) is 18.8. The van der Waals surface area contributed by atoms with Gasteiger partial charge in [-0.25, -0.2) is 0 Å². The van der Waals surface area contributed by atoms with Crippen LogP contribution in [0.2, 0.25) is 0 Å². The minimum absolute atomic E-state index is 0.0605. The number of aryl methyl sites for hydroxylation is 2. The molecule has 2 aromatic carbocycles. The van der Waals surface area contributed by atoms with Gasteiger partial charge in [0, 0.05) is 13.1 Å². The largest absolute Gasteiger partial charge is 0.484 e. The molecular weight excluding hydrogens is 332 g/mol. The van der Waals surface area contributed by atoms with Crippen LogP contribution in [0.5, 0.6) is 11.5 Å². The molecule has 2 aromatic rings. The minimum Gasteiger partial charge on any atom is -0.484 e. The molecule has 2 N–H and O–H groups in total. The second-order valence-corrected chi connectivity index (χ2v) is 5.86. The Hall–Kier alpha value is -3.02. The summed E-state index contributed by atoms with van der Waals surface area (Å²) in [6, 6.07) is 14.9. The monoisotopic (exact) mass is 356 g/mol. The highest BCUT2D eigenvalue weighted by Gasteiger charge is 2.06. The predicted molar refractivity (Wildman–Crippen MR) is 99.4 cm³/mol. The van der Waals surface area contributed by atoms with E-state index in [9.17, 15) is 9.59 Å². The van der Waals surface area contributed by atoms with Crippen molar-refractivity contribution in [3.63, 3.8) is 0 Å². The quantitative estimate of drug-likeness (QED) is 0.674. The SMILES string of the molecule is Cc1ccc(OCC(=O)NCCNC(=O)COc2ccccc2)c(C)c1. The molecule has 2 rings (SSSR count). The van der Waals surface area contributed by atoms with Crippen LogP contribution in [-0.2, 0) is 9.59 Å². The maximum atomic E-state index is 11.8. The van der Waals surface area contributed by atoms with Gasteiger partial charge in [0.1, 0.15) is 11.5 Å². The van der Waals surface area contributed by atoms with Crippen molar-refractivity contribution in [3.05, 3.63) is 59.7 Å². The van der Waals surface area contributed by atoms with Crippen molar-refractivity contribution in [2.45, 2.75) is 13.8 Å². The minimum atomic E-state index is -0.241. The van der Waals surface area contributed by atoms with E-state index in [1.807, 2.05) is 50.2 Å². The molecule has 0 saturated carbocycles. The van der Waals surface area contributed by atoms with Crippen LogP contribution in [0.15, 0.2) is 48.5 Å². The number of hydrogen-bond acceptors (Lipinski definition) is 4. The van der Waals surface area contributed by atoms with Crippen LogP contribution < -0.4 is 20.1 Å². The number of benzene rings is 2. The molecule has 0 aliphatic heterocycles. The second-order valence-electron chi connectivity index (χ2n) is 5.86. The van der Waals surface area contributed by atoms with Gasteiger partial charge in [-0.1, -0.05) is 35.9 Å². The molecule has 0 aliphatic carbocycles. The molecule has 6 nitrogen and oxygen atoms in total. The number of hydrogen-bond donors (Lipinski definition) is 2. The maximum absolute atomic E-state index is 11.8. The average molecular weight is 356 g/mol. The Labute approximate surface area is 153 Å². The number of amides is 2. The van der Waals surface area contributed by atoms with Crippen LogP contribution in [0.1, 0.15) is 11.1 Å². The smallest absolute Gasteiger partial charge is 0.258 e. The van der Waals surface area contributed by atoms with Gasteiger partial charge in [0.25, 0.3) is 11.8 Å². The van der Waals surface area contributed by atoms with Crippen LogP contribution in [0.4, 0.5) is 0 Å². The predicted octanol–water partition coefficient (Wildman–Crippen LogP) is 1.99. The molecule has 0 bridgehead atoms. The van der Waals surface area contributed by atoms with E-state index >= 15 is 0 Å². The summed E-state index contributed by atoms with van der Waals surface area (Å²) in [4.78, 5) is 23.4. The van der Waals surface area contributed by atoms with Gasteiger partial charge in [-0.05, 0) is 37.6 Å². The summed E-state index contributed by atoms with van der Waals surface area (Å²) in [7, 11) is 0. The summed E-state index contributed by atoms with van der Waals surface area (Å²) < 4.78 is 10.8. The molecule has 0 spiro atoms. The number of nitrogens with one attached hydrogen (secondary N) is 2. The third kappa shape index (κ3) is 6.84. The van der Waals surface area contributed by atoms with E-state index in [0.29, 0.717) is 24.6 Å². The molecule has 0 aromatic heterocycles. The van der Waals surface area contributed by atoms with E-state index < -0.39 is 0 Å². The number of carbonyl (C=O) groups is 2. The zero-order valence-electron chi connectivity index (χ0n) is 15.1. The van der Waals surface area contributed by atoms with E-state index in [2.05, 4.69) is 10.6 Å². The molecule has 0 atom stereocenters. The first kappa shape index (κ1) is 19.3. The molecule has 26 heavy (non-hydrogen) atoms. The van der Waals surface area contributed by atoms with Crippen molar-refractivity contribution in [2.24, 2.45) is 0 Å². The van der Waals surface area contributed by atoms with Gasteiger partial charge in [0.05, 0.1) is 0 Å². The van der Waals surface area contributed by atoms with Gasteiger partial charge in [0.15, 0.2) is 13.2 Å². The number of ether oxygens (including phenoxy) is 2. The molecular formula is C20H24N2O4. The first-order valence-electron chi connectivity index (χ1n) is 8.46. The van der Waals surface area contributed by atoms with E-state index in [4.69, 9.17) is 9.47 Å². The Morgan fingerprint density at radius 1 is 0.846 bits per heavy atom. The van der Waals surface area contributed by atoms with Gasteiger partial charge in [-0.2, -0.15) is 0 Å². The highest BCUT2D eigenvalue weighted by molar-refractivity contribution is 5.78. The topological polar surface area (TPSA) is 76.7 Å². The normalized spacial score (nSPS) is 10.1. The van der Waals surface area contributed by atoms with Gasteiger partial charge >= 0.3 is 0 Å². The van der Waals surface area contributed by atoms with Crippen LogP contribution in [-0.4, -0.2) is 38.1 Å². The van der Waals surface area contributed by atoms with E-state index in [-0.39, 0.29) is 25.0 Å². The van der Waals surface area contributed by atoms with E-state index in [1.54, 1.807) is 12.1 Å². The lowest BCUT2D eigenvalue weighted by Crippen LogP contribution is -2.38. The third-order valence-electron chi connectivity index (χ3n) is 3.57. The van der Waals surface area contributed by atoms with Crippen LogP contribution in [0.25, 0.3) is 0 Å². The molecule has 0 aliphatic rings. The van der Waals surface area contributed by atoms with E-state index in [0.717, 1.165) is 11.1 Å². The highest BCUT2D eigenvalue weighted by atomic mass is 16.5. The summed E-state index contributed by atoms with van der Waals surface area (Å²) in [6.45, 7) is 4.47. The van der Waals surface area contributed by atoms with Crippen LogP contribution >= 0.6 is 0 Å². The fraction of sp³-hybridized carbons (Fsp3) is 0.300. The molecule has 2 amide bonds. The van der Waals surface area contributed by atoms with E-state index in [1.165, 1.54) is 0 Å². The lowest BCUT2D eigenvalue weighted by atomic mass is 10.1. The molecule has 0 fully saturated rings. The molecule has 0 radical (unpaired) electrons. The van der Waals surface area contributed by atoms with Crippen LogP contribution in [0, 0.1) is 13.8 Å². The van der Waals surface area contributed by atoms with Gasteiger partial charge in [-0.3, -0.25) is 9.59 Å². The van der Waals surface area contributed by atoms with Crippen molar-refractivity contribution >= 4 is 11.8 Å². The molecule has 0 unspecified atom stereocenters. The van der Waals surface area contributed by atoms with Crippen molar-refractivity contribution in [1.29, 1.82) is 0 Å². The summed E-state index contributed by atoms with van der Waals surface area (Å²) in [6.07, 6.45) is 0. The fourth-order valence-corrected chi connectivity index (χ4v) is 2.28.